The van der Waals surface area contributed by atoms with Crippen LogP contribution in [0.4, 0.5) is 4.79 Å². The molecule has 0 heterocycles. The van der Waals surface area contributed by atoms with Crippen LogP contribution in [0.2, 0.25) is 0 Å². The maximum Gasteiger partial charge on any atom is 1.00 e. The molecular weight excluding hydrogens is 337 g/mol. The van der Waals surface area contributed by atoms with E-state index in [9.17, 15) is 14.7 Å². The topological polar surface area (TPSA) is 75.6 Å². The molecule has 0 aromatic heterocycles. The maximum absolute atomic E-state index is 11.7. The predicted molar refractivity (Wildman–Crippen MR) is 88.4 cm³/mol. The molecule has 1 unspecified atom stereocenters. The standard InChI is InChI=1S/C17H17NO4S.Na/c19-16(20)15(12-23-14-9-5-2-6-10-14)18-17(21)22-11-13-7-3-1-4-8-13;/h1-10,15H,11-12H2,(H,18,21)(H,19,20);/q;+1. The van der Waals surface area contributed by atoms with E-state index in [1.54, 1.807) is 0 Å². The number of rotatable bonds is 7. The fraction of sp³-hybridized carbons (Fsp3) is 0.176. The van der Waals surface area contributed by atoms with Gasteiger partial charge in [0, 0.05) is 10.6 Å². The summed E-state index contributed by atoms with van der Waals surface area (Å²) in [6.45, 7) is 0.102. The van der Waals surface area contributed by atoms with Crippen molar-refractivity contribution in [3.8, 4) is 0 Å². The number of aliphatic carboxylic acids is 1. The third-order valence-corrected chi connectivity index (χ3v) is 4.07. The normalized spacial score (nSPS) is 11.0. The molecule has 0 aliphatic heterocycles. The van der Waals surface area contributed by atoms with Crippen molar-refractivity contribution in [1.29, 1.82) is 0 Å². The quantitative estimate of drug-likeness (QED) is 0.547. The van der Waals surface area contributed by atoms with Gasteiger partial charge in [-0.1, -0.05) is 48.5 Å². The Morgan fingerprint density at radius 1 is 1.04 bits per heavy atom. The maximum atomic E-state index is 11.7. The van der Waals surface area contributed by atoms with E-state index in [1.807, 2.05) is 60.7 Å². The molecule has 1 amide bonds. The predicted octanol–water partition coefficient (Wildman–Crippen LogP) is 0.162. The summed E-state index contributed by atoms with van der Waals surface area (Å²) in [4.78, 5) is 23.9. The van der Waals surface area contributed by atoms with Crippen molar-refractivity contribution >= 4 is 23.8 Å². The number of carbonyl (C=O) groups excluding carboxylic acids is 1. The van der Waals surface area contributed by atoms with Crippen molar-refractivity contribution in [2.45, 2.75) is 17.5 Å². The molecular formula is C17H17NNaO4S+. The van der Waals surface area contributed by atoms with E-state index in [0.29, 0.717) is 0 Å². The summed E-state index contributed by atoms with van der Waals surface area (Å²) in [6, 6.07) is 17.6. The third kappa shape index (κ3) is 7.40. The van der Waals surface area contributed by atoms with E-state index in [-0.39, 0.29) is 41.9 Å². The van der Waals surface area contributed by atoms with Crippen LogP contribution in [-0.4, -0.2) is 29.0 Å². The van der Waals surface area contributed by atoms with Crippen LogP contribution in [-0.2, 0) is 16.1 Å². The molecule has 0 saturated carbocycles. The van der Waals surface area contributed by atoms with Crippen molar-refractivity contribution in [2.24, 2.45) is 0 Å². The smallest absolute Gasteiger partial charge is 0.480 e. The number of alkyl carbamates (subject to hydrolysis) is 1. The molecule has 0 bridgehead atoms. The molecule has 2 aromatic carbocycles. The summed E-state index contributed by atoms with van der Waals surface area (Å²) in [6.07, 6.45) is -0.741. The molecule has 24 heavy (non-hydrogen) atoms. The van der Waals surface area contributed by atoms with Crippen LogP contribution in [0.15, 0.2) is 65.6 Å². The number of hydrogen-bond donors (Lipinski definition) is 2. The zero-order valence-electron chi connectivity index (χ0n) is 13.3. The van der Waals surface area contributed by atoms with Crippen LogP contribution in [0.3, 0.4) is 0 Å². The van der Waals surface area contributed by atoms with Crippen LogP contribution in [0.1, 0.15) is 5.56 Å². The minimum atomic E-state index is -1.09. The number of nitrogens with one attached hydrogen (secondary N) is 1. The molecule has 1 atom stereocenters. The number of amides is 1. The average Bonchev–Trinajstić information content (AvgIpc) is 2.58. The molecule has 7 heteroatoms. The first-order valence-corrected chi connectivity index (χ1v) is 8.01. The van der Waals surface area contributed by atoms with Gasteiger partial charge in [-0.15, -0.1) is 11.8 Å². The summed E-state index contributed by atoms with van der Waals surface area (Å²) >= 11 is 1.36. The summed E-state index contributed by atoms with van der Waals surface area (Å²) in [7, 11) is 0. The largest absolute Gasteiger partial charge is 1.00 e. The second-order valence-corrected chi connectivity index (χ2v) is 5.81. The van der Waals surface area contributed by atoms with Gasteiger partial charge < -0.3 is 15.2 Å². The van der Waals surface area contributed by atoms with E-state index >= 15 is 0 Å². The van der Waals surface area contributed by atoms with Gasteiger partial charge in [0.1, 0.15) is 12.6 Å². The van der Waals surface area contributed by atoms with Gasteiger partial charge in [0.25, 0.3) is 0 Å². The zero-order chi connectivity index (χ0) is 16.5. The molecule has 2 N–H and O–H groups in total. The van der Waals surface area contributed by atoms with E-state index in [1.165, 1.54) is 11.8 Å². The summed E-state index contributed by atoms with van der Waals surface area (Å²) in [5, 5.41) is 11.6. The Balaban J connectivity index is 0.00000288. The Hall–Kier alpha value is -1.47. The second-order valence-electron chi connectivity index (χ2n) is 4.72. The summed E-state index contributed by atoms with van der Waals surface area (Å²) in [5.41, 5.74) is 0.841. The van der Waals surface area contributed by atoms with Gasteiger partial charge in [-0.3, -0.25) is 0 Å². The van der Waals surface area contributed by atoms with E-state index in [2.05, 4.69) is 5.32 Å². The number of carbonyl (C=O) groups is 2. The van der Waals surface area contributed by atoms with Crippen molar-refractivity contribution in [2.75, 3.05) is 5.75 Å². The summed E-state index contributed by atoms with van der Waals surface area (Å²) < 4.78 is 5.04. The van der Waals surface area contributed by atoms with Gasteiger partial charge in [0.2, 0.25) is 0 Å². The molecule has 0 aliphatic rings. The first-order valence-electron chi connectivity index (χ1n) is 7.03. The molecule has 0 aliphatic carbocycles. The molecule has 120 valence electrons. The molecule has 2 rings (SSSR count). The minimum absolute atomic E-state index is 0. The Labute approximate surface area is 167 Å². The monoisotopic (exact) mass is 354 g/mol. The van der Waals surface area contributed by atoms with Gasteiger partial charge in [0.15, 0.2) is 0 Å². The third-order valence-electron chi connectivity index (χ3n) is 2.96. The fourth-order valence-corrected chi connectivity index (χ4v) is 2.71. The zero-order valence-corrected chi connectivity index (χ0v) is 16.2. The van der Waals surface area contributed by atoms with E-state index < -0.39 is 18.1 Å². The SMILES string of the molecule is O=C(NC(CSc1ccccc1)C(=O)O)OCc1ccccc1.[Na+]. The van der Waals surface area contributed by atoms with Crippen LogP contribution >= 0.6 is 11.8 Å². The van der Waals surface area contributed by atoms with Gasteiger partial charge >= 0.3 is 41.6 Å². The fourth-order valence-electron chi connectivity index (χ4n) is 1.78. The van der Waals surface area contributed by atoms with Crippen molar-refractivity contribution in [3.05, 3.63) is 66.2 Å². The van der Waals surface area contributed by atoms with Crippen LogP contribution < -0.4 is 34.9 Å². The van der Waals surface area contributed by atoms with Gasteiger partial charge in [-0.05, 0) is 17.7 Å². The molecule has 0 fully saturated rings. The Morgan fingerprint density at radius 3 is 2.21 bits per heavy atom. The van der Waals surface area contributed by atoms with Crippen LogP contribution in [0, 0.1) is 0 Å². The molecule has 0 spiro atoms. The first kappa shape index (κ1) is 20.6. The molecule has 5 nitrogen and oxygen atoms in total. The van der Waals surface area contributed by atoms with Crippen molar-refractivity contribution < 1.29 is 49.0 Å². The Bertz CT molecular complexity index is 640. The second kappa shape index (κ2) is 11.1. The first-order chi connectivity index (χ1) is 11.1. The number of benzene rings is 2. The molecule has 2 aromatic rings. The van der Waals surface area contributed by atoms with Crippen molar-refractivity contribution in [1.82, 2.24) is 5.32 Å². The van der Waals surface area contributed by atoms with Gasteiger partial charge in [0.05, 0.1) is 0 Å². The number of thioether (sulfide) groups is 1. The Kier molecular flexibility index (Phi) is 9.56. The number of ether oxygens (including phenoxy) is 1. The summed E-state index contributed by atoms with van der Waals surface area (Å²) in [5.74, 6) is -0.870. The van der Waals surface area contributed by atoms with Gasteiger partial charge in [-0.25, -0.2) is 9.59 Å². The van der Waals surface area contributed by atoms with E-state index in [0.717, 1.165) is 10.5 Å². The Morgan fingerprint density at radius 2 is 1.62 bits per heavy atom. The van der Waals surface area contributed by atoms with Crippen molar-refractivity contribution in [3.63, 3.8) is 0 Å². The molecule has 0 radical (unpaired) electrons. The molecule has 0 saturated heterocycles. The van der Waals surface area contributed by atoms with Crippen LogP contribution in [0.25, 0.3) is 0 Å². The van der Waals surface area contributed by atoms with Crippen LogP contribution in [0.5, 0.6) is 0 Å². The number of hydrogen-bond acceptors (Lipinski definition) is 4. The number of carboxylic acids is 1. The number of carboxylic acid groups (broad SMARTS) is 1. The average molecular weight is 354 g/mol. The van der Waals surface area contributed by atoms with Gasteiger partial charge in [-0.2, -0.15) is 0 Å². The van der Waals surface area contributed by atoms with E-state index in [4.69, 9.17) is 4.74 Å². The minimum Gasteiger partial charge on any atom is -0.480 e.